The van der Waals surface area contributed by atoms with Crippen molar-refractivity contribution in [3.8, 4) is 0 Å². The number of halogens is 16. The van der Waals surface area contributed by atoms with Crippen molar-refractivity contribution < 1.29 is 114 Å². The molecular formula is C23H31F16N2O10S3-. The van der Waals surface area contributed by atoms with Gasteiger partial charge in [-0.15, -0.1) is 0 Å². The van der Waals surface area contributed by atoms with Crippen LogP contribution in [0, 0.1) is 3.91 Å². The molecule has 0 saturated carbocycles. The summed E-state index contributed by atoms with van der Waals surface area (Å²) in [7, 11) is -20.3. The third-order valence-corrected chi connectivity index (χ3v) is 14.1. The molecule has 31 heteroatoms. The molecule has 2 rings (SSSR count). The lowest BCUT2D eigenvalue weighted by Crippen LogP contribution is -2.56. The standard InChI is InChI=1S/C19H28F10N2O4.C4H3F6O6S3/c1-32-16(22,23)17(24,25)35-19(28,29)18(26,27)34-15(20,21)13-33-12-6-11-31-10-5-9-30-8-4-2-3-7-14(30)31;1-17(11,12)2(18(13,14)3(5,6)7)19(15,16)4(8,9)10/h14H,2-13H2,1H3;1H3/q;-1. The average molecular weight is 896 g/mol. The Morgan fingerprint density at radius 2 is 1.09 bits per heavy atom. The fraction of sp³-hybridized carbons (Fsp3) is 0.957. The van der Waals surface area contributed by atoms with E-state index in [0.717, 1.165) is 51.7 Å². The van der Waals surface area contributed by atoms with Gasteiger partial charge in [0.15, 0.2) is 19.7 Å². The van der Waals surface area contributed by atoms with E-state index in [9.17, 15) is 95.5 Å². The molecule has 0 aliphatic carbocycles. The Labute approximate surface area is 296 Å². The third kappa shape index (κ3) is 12.7. The van der Waals surface area contributed by atoms with Crippen LogP contribution in [0.3, 0.4) is 0 Å². The van der Waals surface area contributed by atoms with Crippen molar-refractivity contribution in [3.63, 3.8) is 0 Å². The third-order valence-electron chi connectivity index (χ3n) is 6.96. The molecule has 0 amide bonds. The van der Waals surface area contributed by atoms with Gasteiger partial charge in [0, 0.05) is 39.6 Å². The largest absolute Gasteiger partial charge is 0.470 e. The summed E-state index contributed by atoms with van der Waals surface area (Å²) in [5.74, 6) is 0. The maximum absolute atomic E-state index is 13.6. The number of alkyl halides is 16. The summed E-state index contributed by atoms with van der Waals surface area (Å²) in [4.78, 5) is 4.50. The fourth-order valence-electron chi connectivity index (χ4n) is 4.68. The Balaban J connectivity index is 0.000000650. The van der Waals surface area contributed by atoms with Crippen LogP contribution in [-0.4, -0.2) is 136 Å². The van der Waals surface area contributed by atoms with Crippen LogP contribution in [0.2, 0.25) is 0 Å². The average Bonchev–Trinajstić information content (AvgIpc) is 3.20. The smallest absolute Gasteiger partial charge is 0.372 e. The number of ether oxygens (including phenoxy) is 4. The maximum Gasteiger partial charge on any atom is 0.470 e. The van der Waals surface area contributed by atoms with Gasteiger partial charge in [-0.2, -0.15) is 70.2 Å². The van der Waals surface area contributed by atoms with Gasteiger partial charge in [0.25, 0.3) is 0 Å². The van der Waals surface area contributed by atoms with E-state index in [-0.39, 0.29) is 26.3 Å². The molecule has 2 saturated heterocycles. The molecule has 2 aliphatic heterocycles. The zero-order valence-electron chi connectivity index (χ0n) is 27.3. The van der Waals surface area contributed by atoms with Crippen molar-refractivity contribution in [2.75, 3.05) is 52.8 Å². The molecule has 0 aromatic carbocycles. The summed E-state index contributed by atoms with van der Waals surface area (Å²) >= 11 is 0. The Morgan fingerprint density at radius 1 is 0.630 bits per heavy atom. The molecule has 0 bridgehead atoms. The van der Waals surface area contributed by atoms with Crippen LogP contribution in [0.25, 0.3) is 0 Å². The second-order valence-corrected chi connectivity index (χ2v) is 17.7. The number of hydrogen-bond donors (Lipinski definition) is 0. The van der Waals surface area contributed by atoms with Crippen LogP contribution >= 0.6 is 0 Å². The maximum atomic E-state index is 13.6. The zero-order chi connectivity index (χ0) is 42.6. The summed E-state index contributed by atoms with van der Waals surface area (Å²) in [5.41, 5.74) is -13.0. The molecule has 0 spiro atoms. The van der Waals surface area contributed by atoms with Gasteiger partial charge in [-0.3, -0.25) is 35.1 Å². The molecule has 324 valence electrons. The van der Waals surface area contributed by atoms with Gasteiger partial charge in [0.2, 0.25) is 0 Å². The first-order chi connectivity index (χ1) is 23.9. The molecule has 0 aromatic rings. The molecule has 12 nitrogen and oxygen atoms in total. The molecular weight excluding hydrogens is 864 g/mol. The van der Waals surface area contributed by atoms with Gasteiger partial charge in [-0.1, -0.05) is 12.8 Å². The minimum atomic E-state index is -7.22. The van der Waals surface area contributed by atoms with Crippen LogP contribution < -0.4 is 0 Å². The lowest BCUT2D eigenvalue weighted by Gasteiger charge is -2.43. The molecule has 54 heavy (non-hydrogen) atoms. The van der Waals surface area contributed by atoms with Gasteiger partial charge in [0.05, 0.1) is 19.9 Å². The second-order valence-electron chi connectivity index (χ2n) is 11.2. The molecule has 2 heterocycles. The highest BCUT2D eigenvalue weighted by atomic mass is 32.3. The van der Waals surface area contributed by atoms with E-state index in [1.54, 1.807) is 0 Å². The summed E-state index contributed by atoms with van der Waals surface area (Å²) < 4.78 is 278. The molecule has 2 fully saturated rings. The van der Waals surface area contributed by atoms with Crippen molar-refractivity contribution in [2.24, 2.45) is 0 Å². The monoisotopic (exact) mass is 895 g/mol. The predicted octanol–water partition coefficient (Wildman–Crippen LogP) is 5.29. The van der Waals surface area contributed by atoms with Crippen LogP contribution in [0.5, 0.6) is 0 Å². The van der Waals surface area contributed by atoms with Gasteiger partial charge in [-0.25, -0.2) is 9.47 Å². The Morgan fingerprint density at radius 3 is 1.56 bits per heavy atom. The SMILES string of the molecule is COC(F)(F)C(F)(F)OC(F)(F)C(F)(F)OC(F)(F)COCCCN1CCCN2CCCCCC21.CS(=O)(=O)[C-](S(=O)(=O)C(F)(F)F)S(=O)(=O)C(F)(F)F. The first-order valence-electron chi connectivity index (χ1n) is 14.5. The molecule has 1 atom stereocenters. The number of hydrogen-bond acceptors (Lipinski definition) is 12. The van der Waals surface area contributed by atoms with E-state index >= 15 is 0 Å². The lowest BCUT2D eigenvalue weighted by atomic mass is 10.1. The highest BCUT2D eigenvalue weighted by molar-refractivity contribution is 8.29. The number of methoxy groups -OCH3 is 1. The van der Waals surface area contributed by atoms with Crippen molar-refractivity contribution in [1.82, 2.24) is 9.80 Å². The Kier molecular flexibility index (Phi) is 16.4. The number of rotatable bonds is 16. The number of fused-ring (bicyclic) bond motifs is 1. The van der Waals surface area contributed by atoms with Crippen LogP contribution in [0.1, 0.15) is 38.5 Å². The van der Waals surface area contributed by atoms with E-state index < -0.39 is 87.8 Å². The first kappa shape index (κ1) is 50.5. The minimum Gasteiger partial charge on any atom is -0.372 e. The topological polar surface area (TPSA) is 146 Å². The highest BCUT2D eigenvalue weighted by Crippen LogP contribution is 2.47. The van der Waals surface area contributed by atoms with Crippen LogP contribution in [-0.2, 0) is 48.5 Å². The van der Waals surface area contributed by atoms with Gasteiger partial charge < -0.3 is 9.47 Å². The van der Waals surface area contributed by atoms with Crippen molar-refractivity contribution in [1.29, 1.82) is 0 Å². The predicted molar refractivity (Wildman–Crippen MR) is 147 cm³/mol. The van der Waals surface area contributed by atoms with Crippen molar-refractivity contribution in [3.05, 3.63) is 3.91 Å². The highest BCUT2D eigenvalue weighted by Gasteiger charge is 2.72. The number of sulfone groups is 3. The molecule has 2 aliphatic rings. The quantitative estimate of drug-likeness (QED) is 0.113. The van der Waals surface area contributed by atoms with Gasteiger partial charge >= 0.3 is 41.6 Å². The van der Waals surface area contributed by atoms with Crippen molar-refractivity contribution in [2.45, 2.75) is 86.3 Å². The van der Waals surface area contributed by atoms with E-state index in [1.165, 1.54) is 0 Å². The van der Waals surface area contributed by atoms with Crippen molar-refractivity contribution >= 4 is 29.5 Å². The molecule has 0 N–H and O–H groups in total. The minimum absolute atomic E-state index is 0.0482. The van der Waals surface area contributed by atoms with E-state index in [1.807, 2.05) is 0 Å². The van der Waals surface area contributed by atoms with Gasteiger partial charge in [-0.05, 0) is 32.2 Å². The molecule has 0 aromatic heterocycles. The summed E-state index contributed by atoms with van der Waals surface area (Å²) in [6, 6.07) is 0. The summed E-state index contributed by atoms with van der Waals surface area (Å²) in [6.45, 7) is 0.877. The second kappa shape index (κ2) is 17.5. The molecule has 1 unspecified atom stereocenters. The number of nitrogens with zero attached hydrogens (tertiary/aromatic N) is 2. The Hall–Kier alpha value is -1.51. The summed E-state index contributed by atoms with van der Waals surface area (Å²) in [6.07, 6.45) is -25.0. The van der Waals surface area contributed by atoms with Gasteiger partial charge in [0.1, 0.15) is 6.61 Å². The normalized spacial score (nSPS) is 19.9. The van der Waals surface area contributed by atoms with E-state index in [4.69, 9.17) is 0 Å². The summed E-state index contributed by atoms with van der Waals surface area (Å²) in [5, 5.41) is 0. The van der Waals surface area contributed by atoms with E-state index in [0.29, 0.717) is 6.54 Å². The Bertz CT molecular complexity index is 1520. The fourth-order valence-corrected chi connectivity index (χ4v) is 10.5. The molecule has 0 radical (unpaired) electrons. The van der Waals surface area contributed by atoms with Crippen LogP contribution in [0.4, 0.5) is 70.2 Å². The zero-order valence-corrected chi connectivity index (χ0v) is 29.8. The lowest BCUT2D eigenvalue weighted by molar-refractivity contribution is -0.544. The van der Waals surface area contributed by atoms with Crippen LogP contribution in [0.15, 0.2) is 0 Å². The van der Waals surface area contributed by atoms with E-state index in [2.05, 4.69) is 28.7 Å². The first-order valence-corrected chi connectivity index (χ1v) is 19.4.